The van der Waals surface area contributed by atoms with Gasteiger partial charge < -0.3 is 10.1 Å². The van der Waals surface area contributed by atoms with Gasteiger partial charge in [0.05, 0.1) is 12.8 Å². The Balaban J connectivity index is 1.87. The molecule has 0 atom stereocenters. The second-order valence-electron chi connectivity index (χ2n) is 5.00. The van der Waals surface area contributed by atoms with Crippen LogP contribution in [0.4, 0.5) is 10.8 Å². The van der Waals surface area contributed by atoms with Crippen molar-refractivity contribution in [2.24, 2.45) is 0 Å². The molecule has 5 heteroatoms. The highest BCUT2D eigenvalue weighted by Gasteiger charge is 2.12. The van der Waals surface area contributed by atoms with Crippen LogP contribution in [0.1, 0.15) is 11.8 Å². The summed E-state index contributed by atoms with van der Waals surface area (Å²) in [6, 6.07) is 15.6. The van der Waals surface area contributed by atoms with Crippen LogP contribution in [0.3, 0.4) is 0 Å². The number of aromatic nitrogens is 1. The quantitative estimate of drug-likeness (QED) is 0.637. The molecule has 3 aromatic rings. The monoisotopic (exact) mass is 344 g/mol. The minimum atomic E-state index is 0.735. The van der Waals surface area contributed by atoms with E-state index in [1.54, 1.807) is 18.4 Å². The summed E-state index contributed by atoms with van der Waals surface area (Å²) in [5.41, 5.74) is 3.10. The number of ether oxygens (including phenoxy) is 1. The largest absolute Gasteiger partial charge is 0.497 e. The summed E-state index contributed by atoms with van der Waals surface area (Å²) >= 11 is 7.65. The molecule has 0 aliphatic rings. The van der Waals surface area contributed by atoms with Gasteiger partial charge in [0.25, 0.3) is 0 Å². The molecule has 3 rings (SSSR count). The highest BCUT2D eigenvalue weighted by atomic mass is 35.5. The van der Waals surface area contributed by atoms with Gasteiger partial charge in [0, 0.05) is 21.2 Å². The van der Waals surface area contributed by atoms with Crippen LogP contribution in [-0.2, 0) is 6.42 Å². The van der Waals surface area contributed by atoms with E-state index < -0.39 is 0 Å². The first-order chi connectivity index (χ1) is 11.2. The lowest BCUT2D eigenvalue weighted by Gasteiger charge is -2.04. The number of nitrogens with zero attached hydrogens (tertiary/aromatic N) is 1. The molecule has 1 aromatic heterocycles. The molecule has 0 radical (unpaired) electrons. The van der Waals surface area contributed by atoms with Crippen LogP contribution in [0.5, 0.6) is 5.75 Å². The molecule has 2 aromatic carbocycles. The molecule has 0 aliphatic carbocycles. The zero-order valence-corrected chi connectivity index (χ0v) is 14.5. The fourth-order valence-corrected chi connectivity index (χ4v) is 3.35. The second kappa shape index (κ2) is 7.02. The molecule has 0 bridgehead atoms. The van der Waals surface area contributed by atoms with Crippen molar-refractivity contribution in [3.05, 3.63) is 58.4 Å². The maximum Gasteiger partial charge on any atom is 0.187 e. The van der Waals surface area contributed by atoms with Gasteiger partial charge in [-0.1, -0.05) is 30.7 Å². The zero-order valence-electron chi connectivity index (χ0n) is 13.0. The number of anilines is 2. The molecule has 0 spiro atoms. The van der Waals surface area contributed by atoms with Crippen LogP contribution in [0.25, 0.3) is 11.3 Å². The molecule has 0 unspecified atom stereocenters. The smallest absolute Gasteiger partial charge is 0.187 e. The van der Waals surface area contributed by atoms with Crippen molar-refractivity contribution in [2.75, 3.05) is 12.4 Å². The van der Waals surface area contributed by atoms with E-state index in [9.17, 15) is 0 Å². The van der Waals surface area contributed by atoms with Gasteiger partial charge in [-0.3, -0.25) is 0 Å². The number of methoxy groups -OCH3 is 1. The van der Waals surface area contributed by atoms with E-state index in [0.29, 0.717) is 0 Å². The first-order valence-electron chi connectivity index (χ1n) is 7.36. The minimum Gasteiger partial charge on any atom is -0.497 e. The second-order valence-corrected chi connectivity index (χ2v) is 6.52. The van der Waals surface area contributed by atoms with Crippen LogP contribution in [-0.4, -0.2) is 12.1 Å². The van der Waals surface area contributed by atoms with Gasteiger partial charge in [0.2, 0.25) is 0 Å². The van der Waals surface area contributed by atoms with Crippen molar-refractivity contribution in [1.29, 1.82) is 0 Å². The van der Waals surface area contributed by atoms with E-state index in [2.05, 4.69) is 12.2 Å². The molecule has 1 N–H and O–H groups in total. The summed E-state index contributed by atoms with van der Waals surface area (Å²) in [6.45, 7) is 2.14. The van der Waals surface area contributed by atoms with Gasteiger partial charge in [-0.05, 0) is 42.8 Å². The molecular weight excluding hydrogens is 328 g/mol. The van der Waals surface area contributed by atoms with Crippen molar-refractivity contribution in [3.8, 4) is 17.0 Å². The normalized spacial score (nSPS) is 10.6. The molecule has 0 amide bonds. The SMILES string of the molecule is CCc1sc(Nc2ccc(OC)cc2)nc1-c1ccc(Cl)cc1. The lowest BCUT2D eigenvalue weighted by molar-refractivity contribution is 0.415. The van der Waals surface area contributed by atoms with E-state index in [4.69, 9.17) is 21.3 Å². The molecule has 0 saturated carbocycles. The van der Waals surface area contributed by atoms with Crippen LogP contribution >= 0.6 is 22.9 Å². The van der Waals surface area contributed by atoms with Gasteiger partial charge in [-0.15, -0.1) is 11.3 Å². The predicted molar refractivity (Wildman–Crippen MR) is 98.2 cm³/mol. The molecule has 23 heavy (non-hydrogen) atoms. The lowest BCUT2D eigenvalue weighted by Crippen LogP contribution is -1.90. The minimum absolute atomic E-state index is 0.735. The Kier molecular flexibility index (Phi) is 4.84. The standard InChI is InChI=1S/C18H17ClN2OS/c1-3-16-17(12-4-6-13(19)7-5-12)21-18(23-16)20-14-8-10-15(22-2)11-9-14/h4-11H,3H2,1-2H3,(H,20,21). The number of hydrogen-bond donors (Lipinski definition) is 1. The topological polar surface area (TPSA) is 34.1 Å². The molecule has 0 aliphatic heterocycles. The van der Waals surface area contributed by atoms with Gasteiger partial charge in [0.1, 0.15) is 5.75 Å². The maximum atomic E-state index is 5.97. The van der Waals surface area contributed by atoms with E-state index >= 15 is 0 Å². The first-order valence-corrected chi connectivity index (χ1v) is 8.55. The third-order valence-electron chi connectivity index (χ3n) is 3.48. The van der Waals surface area contributed by atoms with Gasteiger partial charge in [-0.2, -0.15) is 0 Å². The molecule has 118 valence electrons. The average molecular weight is 345 g/mol. The number of halogens is 1. The summed E-state index contributed by atoms with van der Waals surface area (Å²) in [5, 5.41) is 4.98. The Hall–Kier alpha value is -2.04. The van der Waals surface area contributed by atoms with Gasteiger partial charge in [0.15, 0.2) is 5.13 Å². The number of nitrogens with one attached hydrogen (secondary N) is 1. The van der Waals surface area contributed by atoms with Crippen molar-refractivity contribution in [1.82, 2.24) is 4.98 Å². The number of hydrogen-bond acceptors (Lipinski definition) is 4. The van der Waals surface area contributed by atoms with Crippen LogP contribution in [0.2, 0.25) is 5.02 Å². The molecule has 3 nitrogen and oxygen atoms in total. The Labute approximate surface area is 144 Å². The Morgan fingerprint density at radius 1 is 1.09 bits per heavy atom. The van der Waals surface area contributed by atoms with E-state index in [-0.39, 0.29) is 0 Å². The Morgan fingerprint density at radius 2 is 1.78 bits per heavy atom. The summed E-state index contributed by atoms with van der Waals surface area (Å²) < 4.78 is 5.18. The maximum absolute atomic E-state index is 5.97. The first kappa shape index (κ1) is 15.8. The fraction of sp³-hybridized carbons (Fsp3) is 0.167. The zero-order chi connectivity index (χ0) is 16.2. The third kappa shape index (κ3) is 3.66. The van der Waals surface area contributed by atoms with E-state index in [1.807, 2.05) is 48.5 Å². The predicted octanol–water partition coefficient (Wildman–Crippen LogP) is 5.78. The number of rotatable bonds is 5. The summed E-state index contributed by atoms with van der Waals surface area (Å²) in [4.78, 5) is 6.00. The van der Waals surface area contributed by atoms with Crippen molar-refractivity contribution >= 4 is 33.8 Å². The van der Waals surface area contributed by atoms with Gasteiger partial charge >= 0.3 is 0 Å². The van der Waals surface area contributed by atoms with E-state index in [1.165, 1.54) is 4.88 Å². The van der Waals surface area contributed by atoms with Crippen LogP contribution < -0.4 is 10.1 Å². The molecular formula is C18H17ClN2OS. The molecule has 0 fully saturated rings. The van der Waals surface area contributed by atoms with E-state index in [0.717, 1.165) is 39.3 Å². The third-order valence-corrected chi connectivity index (χ3v) is 4.84. The Bertz CT molecular complexity index is 782. The fourth-order valence-electron chi connectivity index (χ4n) is 2.28. The summed E-state index contributed by atoms with van der Waals surface area (Å²) in [5.74, 6) is 0.839. The van der Waals surface area contributed by atoms with Crippen LogP contribution in [0.15, 0.2) is 48.5 Å². The van der Waals surface area contributed by atoms with Crippen molar-refractivity contribution in [3.63, 3.8) is 0 Å². The summed E-state index contributed by atoms with van der Waals surface area (Å²) in [6.07, 6.45) is 0.944. The van der Waals surface area contributed by atoms with Crippen molar-refractivity contribution in [2.45, 2.75) is 13.3 Å². The van der Waals surface area contributed by atoms with Crippen molar-refractivity contribution < 1.29 is 4.74 Å². The number of benzene rings is 2. The molecule has 1 heterocycles. The summed E-state index contributed by atoms with van der Waals surface area (Å²) in [7, 11) is 1.66. The van der Waals surface area contributed by atoms with Crippen LogP contribution in [0, 0.1) is 0 Å². The highest BCUT2D eigenvalue weighted by Crippen LogP contribution is 2.33. The lowest BCUT2D eigenvalue weighted by atomic mass is 10.1. The number of thiazole rings is 1. The molecule has 0 saturated heterocycles. The number of aryl methyl sites for hydroxylation is 1. The Morgan fingerprint density at radius 3 is 2.39 bits per heavy atom. The highest BCUT2D eigenvalue weighted by molar-refractivity contribution is 7.16. The average Bonchev–Trinajstić information content (AvgIpc) is 2.99. The van der Waals surface area contributed by atoms with Gasteiger partial charge in [-0.25, -0.2) is 4.98 Å².